The van der Waals surface area contributed by atoms with Crippen LogP contribution in [0.2, 0.25) is 0 Å². The maximum Gasteiger partial charge on any atom is 0.255 e. The molecule has 2 heterocycles. The smallest absolute Gasteiger partial charge is 0.255 e. The summed E-state index contributed by atoms with van der Waals surface area (Å²) < 4.78 is 5.81. The van der Waals surface area contributed by atoms with Crippen molar-refractivity contribution in [3.05, 3.63) is 89.4 Å². The Bertz CT molecular complexity index is 1200. The number of aromatic amines is 1. The fraction of sp³-hybridized carbons (Fsp3) is 0.200. The highest BCUT2D eigenvalue weighted by Gasteiger charge is 2.17. The van der Waals surface area contributed by atoms with Crippen LogP contribution in [0.5, 0.6) is 5.75 Å². The number of nitrogens with one attached hydrogen (secondary N) is 2. The fourth-order valence-corrected chi connectivity index (χ4v) is 4.05. The van der Waals surface area contributed by atoms with Crippen LogP contribution in [0.15, 0.2) is 66.9 Å². The van der Waals surface area contributed by atoms with Gasteiger partial charge in [-0.3, -0.25) is 9.78 Å². The Kier molecular flexibility index (Phi) is 4.93. The lowest BCUT2D eigenvalue weighted by molar-refractivity contribution is 0.102. The van der Waals surface area contributed by atoms with Gasteiger partial charge < -0.3 is 15.0 Å². The first-order valence-electron chi connectivity index (χ1n) is 10.3. The minimum atomic E-state index is -0.121. The van der Waals surface area contributed by atoms with E-state index in [1.165, 1.54) is 29.5 Å². The summed E-state index contributed by atoms with van der Waals surface area (Å²) in [4.78, 5) is 20.6. The van der Waals surface area contributed by atoms with Crippen LogP contribution in [0.25, 0.3) is 10.9 Å². The van der Waals surface area contributed by atoms with Gasteiger partial charge in [0.15, 0.2) is 0 Å². The largest absolute Gasteiger partial charge is 0.487 e. The number of hydrogen-bond acceptors (Lipinski definition) is 3. The molecule has 2 N–H and O–H groups in total. The van der Waals surface area contributed by atoms with Crippen LogP contribution in [-0.2, 0) is 19.4 Å². The Balaban J connectivity index is 1.31. The third-order valence-corrected chi connectivity index (χ3v) is 5.57. The summed E-state index contributed by atoms with van der Waals surface area (Å²) in [5, 5.41) is 4.16. The normalized spacial score (nSPS) is 13.1. The highest BCUT2D eigenvalue weighted by molar-refractivity contribution is 6.06. The number of rotatable bonds is 5. The number of fused-ring (bicyclic) bond motifs is 3. The Morgan fingerprint density at radius 2 is 1.97 bits per heavy atom. The third-order valence-electron chi connectivity index (χ3n) is 5.57. The van der Waals surface area contributed by atoms with Gasteiger partial charge in [0.05, 0.1) is 5.69 Å². The van der Waals surface area contributed by atoms with Crippen molar-refractivity contribution in [3.63, 3.8) is 0 Å². The fourth-order valence-electron chi connectivity index (χ4n) is 4.05. The molecule has 0 unspecified atom stereocenters. The van der Waals surface area contributed by atoms with Gasteiger partial charge in [0.25, 0.3) is 5.91 Å². The molecule has 0 saturated heterocycles. The van der Waals surface area contributed by atoms with E-state index >= 15 is 0 Å². The van der Waals surface area contributed by atoms with Gasteiger partial charge in [0.1, 0.15) is 12.4 Å². The Morgan fingerprint density at radius 3 is 2.87 bits per heavy atom. The number of benzene rings is 2. The lowest BCUT2D eigenvalue weighted by atomic mass is 9.95. The summed E-state index contributed by atoms with van der Waals surface area (Å²) in [7, 11) is 0. The predicted octanol–water partition coefficient (Wildman–Crippen LogP) is 5.27. The molecule has 5 rings (SSSR count). The van der Waals surface area contributed by atoms with Crippen LogP contribution >= 0.6 is 0 Å². The molecular weight excluding hydrogens is 374 g/mol. The number of hydrogen-bond donors (Lipinski definition) is 2. The van der Waals surface area contributed by atoms with E-state index in [2.05, 4.69) is 15.3 Å². The van der Waals surface area contributed by atoms with Crippen LogP contribution in [0.3, 0.4) is 0 Å². The number of H-pyrrole nitrogens is 1. The number of anilines is 1. The van der Waals surface area contributed by atoms with E-state index in [0.29, 0.717) is 23.6 Å². The van der Waals surface area contributed by atoms with Crippen LogP contribution < -0.4 is 10.1 Å². The van der Waals surface area contributed by atoms with E-state index < -0.39 is 0 Å². The standard InChI is InChI=1S/C25H23N3O2/c29-25(17-11-12-24-22(14-17)21-9-1-2-10-23(21)28-24)27-18-7-5-8-20(15-18)30-16-19-6-3-4-13-26-19/h3-8,11-15,28H,1-2,9-10,16H2,(H,27,29). The molecule has 5 nitrogen and oxygen atoms in total. The molecule has 1 aliphatic rings. The molecule has 0 radical (unpaired) electrons. The highest BCUT2D eigenvalue weighted by atomic mass is 16.5. The molecular formula is C25H23N3O2. The molecule has 0 saturated carbocycles. The maximum absolute atomic E-state index is 12.9. The molecule has 2 aromatic carbocycles. The topological polar surface area (TPSA) is 67.0 Å². The second-order valence-corrected chi connectivity index (χ2v) is 7.64. The lowest BCUT2D eigenvalue weighted by Gasteiger charge is -2.11. The Labute approximate surface area is 175 Å². The molecule has 0 spiro atoms. The Morgan fingerprint density at radius 1 is 1.03 bits per heavy atom. The molecule has 5 heteroatoms. The summed E-state index contributed by atoms with van der Waals surface area (Å²) in [6.07, 6.45) is 6.36. The summed E-state index contributed by atoms with van der Waals surface area (Å²) in [5.74, 6) is 0.568. The lowest BCUT2D eigenvalue weighted by Crippen LogP contribution is -2.12. The zero-order chi connectivity index (χ0) is 20.3. The van der Waals surface area contributed by atoms with Crippen molar-refractivity contribution in [2.45, 2.75) is 32.3 Å². The van der Waals surface area contributed by atoms with E-state index in [-0.39, 0.29) is 5.91 Å². The molecule has 1 aliphatic carbocycles. The van der Waals surface area contributed by atoms with Crippen LogP contribution in [0.1, 0.15) is 40.2 Å². The zero-order valence-electron chi connectivity index (χ0n) is 16.7. The van der Waals surface area contributed by atoms with E-state index in [4.69, 9.17) is 4.74 Å². The number of amides is 1. The van der Waals surface area contributed by atoms with Crippen molar-refractivity contribution < 1.29 is 9.53 Å². The molecule has 0 bridgehead atoms. The van der Waals surface area contributed by atoms with Crippen LogP contribution in [0.4, 0.5) is 5.69 Å². The molecule has 150 valence electrons. The minimum absolute atomic E-state index is 0.121. The third kappa shape index (κ3) is 3.79. The number of aryl methyl sites for hydroxylation is 2. The van der Waals surface area contributed by atoms with Gasteiger partial charge in [-0.2, -0.15) is 0 Å². The van der Waals surface area contributed by atoms with Crippen molar-refractivity contribution in [2.24, 2.45) is 0 Å². The molecule has 0 aliphatic heterocycles. The van der Waals surface area contributed by atoms with Crippen molar-refractivity contribution in [2.75, 3.05) is 5.32 Å². The average Bonchev–Trinajstić information content (AvgIpc) is 3.16. The SMILES string of the molecule is O=C(Nc1cccc(OCc2ccccn2)c1)c1ccc2[nH]c3c(c2c1)CCCC3. The second-order valence-electron chi connectivity index (χ2n) is 7.64. The van der Waals surface area contributed by atoms with Crippen molar-refractivity contribution in [1.82, 2.24) is 9.97 Å². The number of aromatic nitrogens is 2. The van der Waals surface area contributed by atoms with Crippen LogP contribution in [-0.4, -0.2) is 15.9 Å². The van der Waals surface area contributed by atoms with Gasteiger partial charge >= 0.3 is 0 Å². The van der Waals surface area contributed by atoms with Gasteiger partial charge in [-0.25, -0.2) is 0 Å². The molecule has 0 atom stereocenters. The zero-order valence-corrected chi connectivity index (χ0v) is 16.7. The monoisotopic (exact) mass is 397 g/mol. The van der Waals surface area contributed by atoms with E-state index in [1.807, 2.05) is 60.7 Å². The number of pyridine rings is 1. The number of carbonyl (C=O) groups excluding carboxylic acids is 1. The van der Waals surface area contributed by atoms with Crippen molar-refractivity contribution in [3.8, 4) is 5.75 Å². The van der Waals surface area contributed by atoms with Gasteiger partial charge in [0.2, 0.25) is 0 Å². The van der Waals surface area contributed by atoms with Crippen molar-refractivity contribution in [1.29, 1.82) is 0 Å². The molecule has 0 fully saturated rings. The van der Waals surface area contributed by atoms with E-state index in [0.717, 1.165) is 24.1 Å². The van der Waals surface area contributed by atoms with Gasteiger partial charge in [-0.05, 0) is 73.7 Å². The van der Waals surface area contributed by atoms with E-state index in [9.17, 15) is 4.79 Å². The maximum atomic E-state index is 12.9. The van der Waals surface area contributed by atoms with Crippen LogP contribution in [0, 0.1) is 0 Å². The summed E-state index contributed by atoms with van der Waals surface area (Å²) >= 11 is 0. The molecule has 1 amide bonds. The molecule has 2 aromatic heterocycles. The van der Waals surface area contributed by atoms with Gasteiger partial charge in [0, 0.05) is 40.1 Å². The quantitative estimate of drug-likeness (QED) is 0.482. The summed E-state index contributed by atoms with van der Waals surface area (Å²) in [5.41, 5.74) is 6.03. The molecule has 4 aromatic rings. The van der Waals surface area contributed by atoms with E-state index in [1.54, 1.807) is 6.20 Å². The van der Waals surface area contributed by atoms with Crippen molar-refractivity contribution >= 4 is 22.5 Å². The summed E-state index contributed by atoms with van der Waals surface area (Å²) in [6.45, 7) is 0.382. The number of carbonyl (C=O) groups is 1. The molecule has 30 heavy (non-hydrogen) atoms. The predicted molar refractivity (Wildman–Crippen MR) is 118 cm³/mol. The average molecular weight is 397 g/mol. The number of nitrogens with zero attached hydrogens (tertiary/aromatic N) is 1. The van der Waals surface area contributed by atoms with Gasteiger partial charge in [-0.1, -0.05) is 12.1 Å². The highest BCUT2D eigenvalue weighted by Crippen LogP contribution is 2.30. The first-order valence-corrected chi connectivity index (χ1v) is 10.3. The number of ether oxygens (including phenoxy) is 1. The second kappa shape index (κ2) is 8.03. The van der Waals surface area contributed by atoms with Gasteiger partial charge in [-0.15, -0.1) is 0 Å². The first kappa shape index (κ1) is 18.4. The Hall–Kier alpha value is -3.60. The first-order chi connectivity index (χ1) is 14.8. The minimum Gasteiger partial charge on any atom is -0.487 e. The summed E-state index contributed by atoms with van der Waals surface area (Å²) in [6, 6.07) is 19.1.